The van der Waals surface area contributed by atoms with Crippen LogP contribution in [-0.2, 0) is 10.2 Å². The first-order valence-corrected chi connectivity index (χ1v) is 10.9. The number of anilines is 1. The summed E-state index contributed by atoms with van der Waals surface area (Å²) in [5.74, 6) is 0.280. The minimum atomic E-state index is -3.49. The van der Waals surface area contributed by atoms with Gasteiger partial charge in [-0.25, -0.2) is 4.68 Å². The number of benzene rings is 1. The van der Waals surface area contributed by atoms with Crippen LogP contribution in [0.1, 0.15) is 41.6 Å². The van der Waals surface area contributed by atoms with Crippen LogP contribution < -0.4 is 19.5 Å². The van der Waals surface area contributed by atoms with Gasteiger partial charge >= 0.3 is 10.2 Å². The second kappa shape index (κ2) is 6.23. The Balaban J connectivity index is 1.59. The lowest BCUT2D eigenvalue weighted by atomic mass is 9.84. The molecule has 3 N–H and O–H groups in total. The molecule has 0 radical (unpaired) electrons. The van der Waals surface area contributed by atoms with Crippen LogP contribution in [0.25, 0.3) is 0 Å². The summed E-state index contributed by atoms with van der Waals surface area (Å²) in [4.78, 5) is 0. The maximum Gasteiger partial charge on any atom is 0.301 e. The number of aromatic nitrogens is 2. The molecular weight excluding hydrogens is 392 g/mol. The average molecular weight is 412 g/mol. The molecule has 0 spiro atoms. The maximum atomic E-state index is 12.1. The van der Waals surface area contributed by atoms with E-state index in [9.17, 15) is 13.7 Å². The molecule has 3 heterocycles. The number of hydrogen-bond acceptors (Lipinski definition) is 6. The van der Waals surface area contributed by atoms with Crippen LogP contribution in [0.2, 0.25) is 0 Å². The van der Waals surface area contributed by atoms with E-state index in [1.165, 1.54) is 4.31 Å². The van der Waals surface area contributed by atoms with Crippen LogP contribution in [0, 0.1) is 18.3 Å². The van der Waals surface area contributed by atoms with Gasteiger partial charge < -0.3 is 10.5 Å². The van der Waals surface area contributed by atoms with Gasteiger partial charge in [-0.2, -0.15) is 23.5 Å². The lowest BCUT2D eigenvalue weighted by molar-refractivity contribution is 0.347. The fraction of sp³-hybridized carbons (Fsp3) is 0.368. The highest BCUT2D eigenvalue weighted by Gasteiger charge is 2.39. The van der Waals surface area contributed by atoms with E-state index in [0.29, 0.717) is 36.3 Å². The highest BCUT2D eigenvalue weighted by Crippen LogP contribution is 2.48. The van der Waals surface area contributed by atoms with E-state index in [0.717, 1.165) is 29.7 Å². The van der Waals surface area contributed by atoms with Gasteiger partial charge in [-0.1, -0.05) is 12.1 Å². The molecule has 2 fully saturated rings. The quantitative estimate of drug-likeness (QED) is 0.785. The van der Waals surface area contributed by atoms with Crippen LogP contribution >= 0.6 is 0 Å². The first-order valence-electron chi connectivity index (χ1n) is 9.44. The Labute approximate surface area is 168 Å². The molecule has 10 heteroatoms. The number of allylic oxidation sites excluding steroid dienone is 1. The van der Waals surface area contributed by atoms with Crippen molar-refractivity contribution in [2.24, 2.45) is 5.73 Å². The SMILES string of the molecule is Cc1nn(C2CC2)c2c1C(c1ccc(N3CCNS3(=O)=O)cc1)C(C#N)=C(N)O2. The topological polar surface area (TPSA) is 126 Å². The van der Waals surface area contributed by atoms with Crippen molar-refractivity contribution in [2.75, 3.05) is 17.4 Å². The predicted molar refractivity (Wildman–Crippen MR) is 105 cm³/mol. The number of aryl methyl sites for hydroxylation is 1. The van der Waals surface area contributed by atoms with Gasteiger partial charge in [0.05, 0.1) is 28.9 Å². The monoisotopic (exact) mass is 412 g/mol. The normalized spacial score (nSPS) is 22.9. The van der Waals surface area contributed by atoms with E-state index in [-0.39, 0.29) is 5.88 Å². The van der Waals surface area contributed by atoms with Gasteiger partial charge in [0, 0.05) is 13.1 Å². The molecule has 2 aliphatic heterocycles. The average Bonchev–Trinajstić information content (AvgIpc) is 3.40. The van der Waals surface area contributed by atoms with Gasteiger partial charge in [-0.15, -0.1) is 0 Å². The van der Waals surface area contributed by atoms with Gasteiger partial charge in [-0.05, 0) is 37.5 Å². The Bertz CT molecular complexity index is 1170. The van der Waals surface area contributed by atoms with Gasteiger partial charge in [0.2, 0.25) is 11.8 Å². The summed E-state index contributed by atoms with van der Waals surface area (Å²) in [6.07, 6.45) is 2.09. The van der Waals surface area contributed by atoms with Crippen molar-refractivity contribution in [3.63, 3.8) is 0 Å². The third-order valence-electron chi connectivity index (χ3n) is 5.55. The van der Waals surface area contributed by atoms with E-state index in [1.54, 1.807) is 12.1 Å². The van der Waals surface area contributed by atoms with Crippen molar-refractivity contribution >= 4 is 15.9 Å². The van der Waals surface area contributed by atoms with E-state index in [2.05, 4.69) is 15.9 Å². The summed E-state index contributed by atoms with van der Waals surface area (Å²) in [5, 5.41) is 14.4. The molecular formula is C19H20N6O3S. The smallest absolute Gasteiger partial charge is 0.301 e. The molecule has 1 unspecified atom stereocenters. The number of rotatable bonds is 3. The summed E-state index contributed by atoms with van der Waals surface area (Å²) in [6, 6.07) is 9.66. The molecule has 29 heavy (non-hydrogen) atoms. The standard InChI is InChI=1S/C19H20N6O3S/c1-11-16-17(12-2-4-13(5-3-12)24-9-8-22-29(24,26)27)15(10-20)18(21)28-19(16)25(23-11)14-6-7-14/h2-5,14,17,22H,6-9,21H2,1H3. The molecule has 1 saturated heterocycles. The van der Waals surface area contributed by atoms with Crippen LogP contribution in [0.4, 0.5) is 5.69 Å². The van der Waals surface area contributed by atoms with Gasteiger partial charge in [-0.3, -0.25) is 4.31 Å². The van der Waals surface area contributed by atoms with Crippen molar-refractivity contribution in [1.29, 1.82) is 5.26 Å². The van der Waals surface area contributed by atoms with Gasteiger partial charge in [0.1, 0.15) is 11.6 Å². The van der Waals surface area contributed by atoms with Crippen molar-refractivity contribution in [1.82, 2.24) is 14.5 Å². The molecule has 150 valence electrons. The fourth-order valence-electron chi connectivity index (χ4n) is 4.01. The highest BCUT2D eigenvalue weighted by molar-refractivity contribution is 7.91. The van der Waals surface area contributed by atoms with Gasteiger partial charge in [0.25, 0.3) is 0 Å². The third-order valence-corrected chi connectivity index (χ3v) is 7.10. The summed E-state index contributed by atoms with van der Waals surface area (Å²) in [6.45, 7) is 2.67. The third kappa shape index (κ3) is 2.77. The Kier molecular flexibility index (Phi) is 3.88. The molecule has 2 aromatic rings. The first-order chi connectivity index (χ1) is 13.9. The first kappa shape index (κ1) is 18.0. The molecule has 1 aromatic carbocycles. The lowest BCUT2D eigenvalue weighted by Gasteiger charge is -2.25. The number of nitriles is 1. The molecule has 3 aliphatic rings. The van der Waals surface area contributed by atoms with E-state index in [1.807, 2.05) is 23.7 Å². The second-order valence-corrected chi connectivity index (χ2v) is 9.15. The molecule has 0 amide bonds. The van der Waals surface area contributed by atoms with Crippen molar-refractivity contribution in [3.8, 4) is 11.9 Å². The Morgan fingerprint density at radius 2 is 2.03 bits per heavy atom. The zero-order chi connectivity index (χ0) is 20.3. The van der Waals surface area contributed by atoms with Crippen LogP contribution in [-0.4, -0.2) is 31.3 Å². The molecule has 1 aliphatic carbocycles. The van der Waals surface area contributed by atoms with Crippen molar-refractivity contribution in [3.05, 3.63) is 52.5 Å². The number of ether oxygens (including phenoxy) is 1. The maximum absolute atomic E-state index is 12.1. The molecule has 9 nitrogen and oxygen atoms in total. The van der Waals surface area contributed by atoms with Crippen molar-refractivity contribution < 1.29 is 13.2 Å². The molecule has 5 rings (SSSR count). The fourth-order valence-corrected chi connectivity index (χ4v) is 5.25. The van der Waals surface area contributed by atoms with Crippen molar-refractivity contribution in [2.45, 2.75) is 31.7 Å². The van der Waals surface area contributed by atoms with E-state index < -0.39 is 16.1 Å². The largest absolute Gasteiger partial charge is 0.422 e. The Morgan fingerprint density at radius 3 is 2.62 bits per heavy atom. The number of nitrogens with zero attached hydrogens (tertiary/aromatic N) is 4. The van der Waals surface area contributed by atoms with Crippen LogP contribution in [0.15, 0.2) is 35.7 Å². The number of hydrogen-bond donors (Lipinski definition) is 2. The number of nitrogens with one attached hydrogen (secondary N) is 1. The van der Waals surface area contributed by atoms with Crippen LogP contribution in [0.3, 0.4) is 0 Å². The Morgan fingerprint density at radius 1 is 1.31 bits per heavy atom. The highest BCUT2D eigenvalue weighted by atomic mass is 32.2. The summed E-state index contributed by atoms with van der Waals surface area (Å²) in [7, 11) is -3.49. The Hall–Kier alpha value is -3.03. The van der Waals surface area contributed by atoms with Crippen LogP contribution in [0.5, 0.6) is 5.88 Å². The number of nitrogens with two attached hydrogens (primary N) is 1. The predicted octanol–water partition coefficient (Wildman–Crippen LogP) is 1.40. The summed E-state index contributed by atoms with van der Waals surface area (Å²) < 4.78 is 35.7. The summed E-state index contributed by atoms with van der Waals surface area (Å²) in [5.41, 5.74) is 9.47. The summed E-state index contributed by atoms with van der Waals surface area (Å²) >= 11 is 0. The van der Waals surface area contributed by atoms with E-state index in [4.69, 9.17) is 10.5 Å². The molecule has 1 atom stereocenters. The minimum absolute atomic E-state index is 0.0854. The molecule has 1 aromatic heterocycles. The minimum Gasteiger partial charge on any atom is -0.422 e. The zero-order valence-corrected chi connectivity index (χ0v) is 16.6. The molecule has 1 saturated carbocycles. The molecule has 0 bridgehead atoms. The van der Waals surface area contributed by atoms with Gasteiger partial charge in [0.15, 0.2) is 0 Å². The number of fused-ring (bicyclic) bond motifs is 1. The zero-order valence-electron chi connectivity index (χ0n) is 15.8. The second-order valence-electron chi connectivity index (χ2n) is 7.47. The van der Waals surface area contributed by atoms with E-state index >= 15 is 0 Å². The lowest BCUT2D eigenvalue weighted by Crippen LogP contribution is -2.29.